The molecule has 2 aromatic rings. The van der Waals surface area contributed by atoms with Crippen LogP contribution >= 0.6 is 0 Å². The van der Waals surface area contributed by atoms with Gasteiger partial charge in [-0.25, -0.2) is 0 Å². The number of methoxy groups -OCH3 is 1. The highest BCUT2D eigenvalue weighted by atomic mass is 16.5. The molecule has 0 bridgehead atoms. The Labute approximate surface area is 146 Å². The Bertz CT molecular complexity index is 780. The standard InChI is InChI=1S/C17H24N6O2/c1-10-3-5-18-8-13(10)23-15-11-4-6-19-16(11)20-7-12(15)17(22-23)21-14(24)9-25-2/h4,6,10,13,18-20H,3,5,7-9H2,1-2H3,(H,21,22,24)/t10-,13+/m1/s1. The number of amides is 1. The first-order valence-electron chi connectivity index (χ1n) is 8.71. The van der Waals surface area contributed by atoms with Gasteiger partial charge in [0, 0.05) is 37.5 Å². The fourth-order valence-electron chi connectivity index (χ4n) is 3.75. The minimum absolute atomic E-state index is 0.0197. The number of carbonyl (C=O) groups excluding carboxylic acids is 1. The summed E-state index contributed by atoms with van der Waals surface area (Å²) in [6.07, 6.45) is 3.04. The average Bonchev–Trinajstić information content (AvgIpc) is 3.20. The van der Waals surface area contributed by atoms with Gasteiger partial charge in [-0.15, -0.1) is 0 Å². The van der Waals surface area contributed by atoms with Gasteiger partial charge in [-0.3, -0.25) is 9.48 Å². The predicted octanol–water partition coefficient (Wildman–Crippen LogP) is 1.56. The van der Waals surface area contributed by atoms with Crippen molar-refractivity contribution in [3.8, 4) is 11.3 Å². The third kappa shape index (κ3) is 2.81. The molecule has 2 aromatic heterocycles. The summed E-state index contributed by atoms with van der Waals surface area (Å²) in [4.78, 5) is 15.3. The topological polar surface area (TPSA) is 96.0 Å². The summed E-state index contributed by atoms with van der Waals surface area (Å²) in [7, 11) is 1.51. The number of carbonyl (C=O) groups is 1. The van der Waals surface area contributed by atoms with Crippen LogP contribution < -0.4 is 16.0 Å². The molecule has 2 aliphatic rings. The van der Waals surface area contributed by atoms with E-state index in [4.69, 9.17) is 9.84 Å². The third-order valence-corrected chi connectivity index (χ3v) is 5.09. The molecule has 2 aliphatic heterocycles. The molecule has 0 spiro atoms. The highest BCUT2D eigenvalue weighted by molar-refractivity contribution is 5.93. The molecule has 4 N–H and O–H groups in total. The monoisotopic (exact) mass is 344 g/mol. The second-order valence-electron chi connectivity index (χ2n) is 6.76. The van der Waals surface area contributed by atoms with Crippen LogP contribution in [-0.2, 0) is 16.1 Å². The van der Waals surface area contributed by atoms with Gasteiger partial charge in [0.15, 0.2) is 5.82 Å². The highest BCUT2D eigenvalue weighted by Crippen LogP contribution is 2.41. The minimum atomic E-state index is -0.190. The second kappa shape index (κ2) is 6.53. The molecule has 1 fully saturated rings. The smallest absolute Gasteiger partial charge is 0.251 e. The summed E-state index contributed by atoms with van der Waals surface area (Å²) in [5.74, 6) is 1.95. The maximum absolute atomic E-state index is 12.0. The first kappa shape index (κ1) is 16.2. The van der Waals surface area contributed by atoms with E-state index in [1.54, 1.807) is 0 Å². The first-order chi connectivity index (χ1) is 12.2. The van der Waals surface area contributed by atoms with E-state index in [0.29, 0.717) is 18.3 Å². The summed E-state index contributed by atoms with van der Waals surface area (Å²) < 4.78 is 7.03. The van der Waals surface area contributed by atoms with Crippen molar-refractivity contribution in [3.63, 3.8) is 0 Å². The summed E-state index contributed by atoms with van der Waals surface area (Å²) >= 11 is 0. The van der Waals surface area contributed by atoms with E-state index >= 15 is 0 Å². The van der Waals surface area contributed by atoms with Crippen molar-refractivity contribution in [1.29, 1.82) is 0 Å². The van der Waals surface area contributed by atoms with Crippen molar-refractivity contribution < 1.29 is 9.53 Å². The van der Waals surface area contributed by atoms with E-state index in [1.165, 1.54) is 7.11 Å². The molecular weight excluding hydrogens is 320 g/mol. The molecule has 0 aliphatic carbocycles. The lowest BCUT2D eigenvalue weighted by molar-refractivity contribution is -0.119. The molecule has 1 saturated heterocycles. The van der Waals surface area contributed by atoms with Crippen molar-refractivity contribution in [2.75, 3.05) is 37.4 Å². The third-order valence-electron chi connectivity index (χ3n) is 5.09. The molecule has 25 heavy (non-hydrogen) atoms. The van der Waals surface area contributed by atoms with E-state index < -0.39 is 0 Å². The van der Waals surface area contributed by atoms with Crippen molar-refractivity contribution in [1.82, 2.24) is 20.1 Å². The minimum Gasteiger partial charge on any atom is -0.375 e. The van der Waals surface area contributed by atoms with E-state index in [-0.39, 0.29) is 18.6 Å². The van der Waals surface area contributed by atoms with Crippen LogP contribution in [0.5, 0.6) is 0 Å². The van der Waals surface area contributed by atoms with Gasteiger partial charge in [0.25, 0.3) is 5.91 Å². The van der Waals surface area contributed by atoms with E-state index in [0.717, 1.165) is 42.1 Å². The van der Waals surface area contributed by atoms with Crippen LogP contribution in [0.2, 0.25) is 0 Å². The van der Waals surface area contributed by atoms with Gasteiger partial charge in [0.2, 0.25) is 0 Å². The number of rotatable bonds is 4. The Morgan fingerprint density at radius 3 is 3.20 bits per heavy atom. The van der Waals surface area contributed by atoms with E-state index in [1.807, 2.05) is 6.20 Å². The maximum Gasteiger partial charge on any atom is 0.251 e. The lowest BCUT2D eigenvalue weighted by Gasteiger charge is -2.31. The lowest BCUT2D eigenvalue weighted by atomic mass is 9.94. The van der Waals surface area contributed by atoms with Gasteiger partial charge in [0.1, 0.15) is 12.4 Å². The maximum atomic E-state index is 12.0. The van der Waals surface area contributed by atoms with Crippen LogP contribution in [0.3, 0.4) is 0 Å². The highest BCUT2D eigenvalue weighted by Gasteiger charge is 2.32. The van der Waals surface area contributed by atoms with Gasteiger partial charge >= 0.3 is 0 Å². The molecule has 4 heterocycles. The number of ether oxygens (including phenoxy) is 1. The summed E-state index contributed by atoms with van der Waals surface area (Å²) in [6.45, 7) is 4.83. The molecule has 0 saturated carbocycles. The predicted molar refractivity (Wildman–Crippen MR) is 95.5 cm³/mol. The summed E-state index contributed by atoms with van der Waals surface area (Å²) in [5, 5.41) is 14.5. The average molecular weight is 344 g/mol. The molecule has 0 unspecified atom stereocenters. The fourth-order valence-corrected chi connectivity index (χ4v) is 3.75. The normalized spacial score (nSPS) is 22.0. The SMILES string of the molecule is COCC(=O)Nc1nn([C@H]2CNCC[C@H]2C)c2c1CNc1[nH]ccc1-2. The van der Waals surface area contributed by atoms with Crippen molar-refractivity contribution in [3.05, 3.63) is 17.8 Å². The largest absolute Gasteiger partial charge is 0.375 e. The number of hydrogen-bond acceptors (Lipinski definition) is 5. The molecule has 134 valence electrons. The molecule has 4 rings (SSSR count). The molecule has 8 nitrogen and oxygen atoms in total. The van der Waals surface area contributed by atoms with Crippen molar-refractivity contribution >= 4 is 17.5 Å². The molecule has 1 amide bonds. The second-order valence-corrected chi connectivity index (χ2v) is 6.76. The van der Waals surface area contributed by atoms with Gasteiger partial charge in [-0.1, -0.05) is 6.92 Å². The van der Waals surface area contributed by atoms with Crippen LogP contribution in [0, 0.1) is 5.92 Å². The number of anilines is 2. The Kier molecular flexibility index (Phi) is 4.22. The van der Waals surface area contributed by atoms with Crippen molar-refractivity contribution in [2.45, 2.75) is 25.9 Å². The molecular formula is C17H24N6O2. The molecule has 0 aromatic carbocycles. The Hall–Kier alpha value is -2.32. The van der Waals surface area contributed by atoms with Crippen LogP contribution in [0.15, 0.2) is 12.3 Å². The van der Waals surface area contributed by atoms with Crippen LogP contribution in [0.1, 0.15) is 24.9 Å². The molecule has 2 atom stereocenters. The van der Waals surface area contributed by atoms with Crippen LogP contribution in [0.4, 0.5) is 11.6 Å². The number of nitrogens with zero attached hydrogens (tertiary/aromatic N) is 2. The molecule has 0 radical (unpaired) electrons. The fraction of sp³-hybridized carbons (Fsp3) is 0.529. The van der Waals surface area contributed by atoms with Crippen LogP contribution in [-0.4, -0.2) is 47.5 Å². The number of hydrogen-bond donors (Lipinski definition) is 4. The molecule has 8 heteroatoms. The number of fused-ring (bicyclic) bond motifs is 3. The van der Waals surface area contributed by atoms with E-state index in [2.05, 4.69) is 38.6 Å². The number of aromatic nitrogens is 3. The zero-order valence-corrected chi connectivity index (χ0v) is 14.6. The lowest BCUT2D eigenvalue weighted by Crippen LogP contribution is -2.37. The van der Waals surface area contributed by atoms with Crippen LogP contribution in [0.25, 0.3) is 11.3 Å². The number of H-pyrrole nitrogens is 1. The number of aromatic amines is 1. The van der Waals surface area contributed by atoms with E-state index in [9.17, 15) is 4.79 Å². The summed E-state index contributed by atoms with van der Waals surface area (Å²) in [6, 6.07) is 2.32. The zero-order valence-electron chi connectivity index (χ0n) is 14.6. The van der Waals surface area contributed by atoms with Gasteiger partial charge in [-0.05, 0) is 24.9 Å². The first-order valence-corrected chi connectivity index (χ1v) is 8.71. The summed E-state index contributed by atoms with van der Waals surface area (Å²) in [5.41, 5.74) is 3.20. The van der Waals surface area contributed by atoms with Crippen molar-refractivity contribution in [2.24, 2.45) is 5.92 Å². The quantitative estimate of drug-likeness (QED) is 0.675. The number of nitrogens with one attached hydrogen (secondary N) is 4. The van der Waals surface area contributed by atoms with Gasteiger partial charge in [-0.2, -0.15) is 5.10 Å². The Morgan fingerprint density at radius 2 is 2.40 bits per heavy atom. The zero-order chi connectivity index (χ0) is 17.4. The Balaban J connectivity index is 1.78. The Morgan fingerprint density at radius 1 is 1.52 bits per heavy atom. The van der Waals surface area contributed by atoms with Gasteiger partial charge < -0.3 is 25.7 Å². The number of piperidine rings is 1. The van der Waals surface area contributed by atoms with Gasteiger partial charge in [0.05, 0.1) is 11.7 Å².